The molecule has 2 N–H and O–H groups in total. The Morgan fingerprint density at radius 2 is 1.80 bits per heavy atom. The van der Waals surface area contributed by atoms with Crippen molar-refractivity contribution in [3.63, 3.8) is 0 Å². The lowest BCUT2D eigenvalue weighted by Gasteiger charge is -2.13. The van der Waals surface area contributed by atoms with E-state index in [9.17, 15) is 9.59 Å². The summed E-state index contributed by atoms with van der Waals surface area (Å²) < 4.78 is 5.33. The first-order chi connectivity index (χ1) is 12.0. The molecular weight excluding hydrogens is 318 g/mol. The van der Waals surface area contributed by atoms with Crippen molar-refractivity contribution in [1.82, 2.24) is 4.98 Å². The number of Topliss-reactive ketones (excluding diaryl/α,β-unsaturated/α-hetero) is 1. The Balaban J connectivity index is 1.79. The molecule has 0 aliphatic carbocycles. The van der Waals surface area contributed by atoms with Crippen LogP contribution < -0.4 is 0 Å². The number of aromatic amines is 1. The van der Waals surface area contributed by atoms with Gasteiger partial charge in [0.1, 0.15) is 0 Å². The van der Waals surface area contributed by atoms with Crippen LogP contribution in [0.15, 0.2) is 48.5 Å². The molecule has 0 amide bonds. The molecule has 128 valence electrons. The normalized spacial score (nSPS) is 12.1. The molecule has 0 saturated carbocycles. The summed E-state index contributed by atoms with van der Waals surface area (Å²) in [5.74, 6) is -0.807. The predicted molar refractivity (Wildman–Crippen MR) is 94.6 cm³/mol. The summed E-state index contributed by atoms with van der Waals surface area (Å²) in [4.78, 5) is 28.2. The van der Waals surface area contributed by atoms with Crippen LogP contribution >= 0.6 is 0 Å². The fraction of sp³-hybridized carbons (Fsp3) is 0.200. The first kappa shape index (κ1) is 16.9. The molecule has 0 radical (unpaired) electrons. The highest BCUT2D eigenvalue weighted by Gasteiger charge is 2.24. The van der Waals surface area contributed by atoms with Crippen molar-refractivity contribution in [3.05, 3.63) is 70.9 Å². The number of ketones is 1. The van der Waals surface area contributed by atoms with Gasteiger partial charge in [-0.3, -0.25) is 4.79 Å². The minimum absolute atomic E-state index is 0.0932. The van der Waals surface area contributed by atoms with E-state index in [-0.39, 0.29) is 12.4 Å². The quantitative estimate of drug-likeness (QED) is 0.552. The molecule has 5 heteroatoms. The molecule has 0 aliphatic rings. The number of rotatable bonds is 5. The second-order valence-electron chi connectivity index (χ2n) is 5.94. The maximum absolute atomic E-state index is 12.8. The number of aliphatic hydroxyl groups excluding tert-OH is 1. The van der Waals surface area contributed by atoms with Gasteiger partial charge in [0.2, 0.25) is 5.78 Å². The lowest BCUT2D eigenvalue weighted by atomic mass is 10.0. The highest BCUT2D eigenvalue weighted by atomic mass is 16.5. The average molecular weight is 337 g/mol. The number of hydrogen-bond acceptors (Lipinski definition) is 4. The molecule has 0 saturated heterocycles. The summed E-state index contributed by atoms with van der Waals surface area (Å²) in [6, 6.07) is 14.0. The van der Waals surface area contributed by atoms with Crippen LogP contribution in [-0.4, -0.2) is 27.9 Å². The average Bonchev–Trinajstić information content (AvgIpc) is 2.96. The standard InChI is InChI=1S/C20H19NO4/c1-12-18(16-5-3-4-6-17(16)21-12)19(23)13(2)25-20(24)15-9-7-14(11-22)8-10-15/h3-10,13,21-22H,11H2,1-2H3/t13-/m1/s1. The van der Waals surface area contributed by atoms with Gasteiger partial charge in [0.15, 0.2) is 6.10 Å². The summed E-state index contributed by atoms with van der Waals surface area (Å²) in [5.41, 5.74) is 3.22. The van der Waals surface area contributed by atoms with Gasteiger partial charge >= 0.3 is 5.97 Å². The lowest BCUT2D eigenvalue weighted by Crippen LogP contribution is -2.24. The SMILES string of the molecule is Cc1[nH]c2ccccc2c1C(=O)[C@@H](C)OC(=O)c1ccc(CO)cc1. The van der Waals surface area contributed by atoms with Crippen LogP contribution in [0.3, 0.4) is 0 Å². The fourth-order valence-corrected chi connectivity index (χ4v) is 2.83. The Bertz CT molecular complexity index is 925. The van der Waals surface area contributed by atoms with E-state index in [0.29, 0.717) is 16.7 Å². The number of carbonyl (C=O) groups excluding carboxylic acids is 2. The van der Waals surface area contributed by atoms with Crippen LogP contribution in [0.5, 0.6) is 0 Å². The third kappa shape index (κ3) is 3.32. The van der Waals surface area contributed by atoms with Crippen molar-refractivity contribution in [3.8, 4) is 0 Å². The van der Waals surface area contributed by atoms with E-state index in [4.69, 9.17) is 9.84 Å². The van der Waals surface area contributed by atoms with Gasteiger partial charge in [0.05, 0.1) is 12.2 Å². The van der Waals surface area contributed by atoms with Crippen LogP contribution in [-0.2, 0) is 11.3 Å². The predicted octanol–water partition coefficient (Wildman–Crippen LogP) is 3.40. The molecule has 3 rings (SSSR count). The van der Waals surface area contributed by atoms with E-state index >= 15 is 0 Å². The lowest BCUT2D eigenvalue weighted by molar-refractivity contribution is 0.0319. The molecule has 0 unspecified atom stereocenters. The van der Waals surface area contributed by atoms with Crippen LogP contribution in [0.1, 0.15) is 38.9 Å². The number of aromatic nitrogens is 1. The number of fused-ring (bicyclic) bond motifs is 1. The minimum atomic E-state index is -0.900. The van der Waals surface area contributed by atoms with E-state index in [1.54, 1.807) is 31.2 Å². The Morgan fingerprint density at radius 1 is 1.12 bits per heavy atom. The van der Waals surface area contributed by atoms with Gasteiger partial charge in [-0.2, -0.15) is 0 Å². The summed E-state index contributed by atoms with van der Waals surface area (Å²) in [7, 11) is 0. The molecule has 1 aromatic heterocycles. The summed E-state index contributed by atoms with van der Waals surface area (Å²) >= 11 is 0. The van der Waals surface area contributed by atoms with E-state index < -0.39 is 12.1 Å². The molecule has 25 heavy (non-hydrogen) atoms. The number of para-hydroxylation sites is 1. The maximum Gasteiger partial charge on any atom is 0.338 e. The number of H-pyrrole nitrogens is 1. The second kappa shape index (κ2) is 6.91. The Labute approximate surface area is 145 Å². The number of aliphatic hydroxyl groups is 1. The summed E-state index contributed by atoms with van der Waals surface area (Å²) in [6.45, 7) is 3.31. The van der Waals surface area contributed by atoms with Crippen molar-refractivity contribution in [2.24, 2.45) is 0 Å². The summed E-state index contributed by atoms with van der Waals surface area (Å²) in [6.07, 6.45) is -0.900. The first-order valence-electron chi connectivity index (χ1n) is 8.03. The molecule has 1 atom stereocenters. The molecule has 0 spiro atoms. The monoisotopic (exact) mass is 337 g/mol. The second-order valence-corrected chi connectivity index (χ2v) is 5.94. The largest absolute Gasteiger partial charge is 0.451 e. The third-order valence-electron chi connectivity index (χ3n) is 4.17. The molecule has 0 fully saturated rings. The van der Waals surface area contributed by atoms with Crippen molar-refractivity contribution >= 4 is 22.7 Å². The van der Waals surface area contributed by atoms with E-state index in [0.717, 1.165) is 16.6 Å². The van der Waals surface area contributed by atoms with Crippen LogP contribution in [0.25, 0.3) is 10.9 Å². The number of carbonyl (C=O) groups is 2. The van der Waals surface area contributed by atoms with Gasteiger partial charge in [-0.25, -0.2) is 4.79 Å². The molecule has 2 aromatic carbocycles. The van der Waals surface area contributed by atoms with Crippen molar-refractivity contribution in [1.29, 1.82) is 0 Å². The first-order valence-corrected chi connectivity index (χ1v) is 8.03. The molecule has 5 nitrogen and oxygen atoms in total. The fourth-order valence-electron chi connectivity index (χ4n) is 2.83. The van der Waals surface area contributed by atoms with Crippen molar-refractivity contribution in [2.45, 2.75) is 26.6 Å². The van der Waals surface area contributed by atoms with Gasteiger partial charge in [0, 0.05) is 22.2 Å². The topological polar surface area (TPSA) is 79.4 Å². The number of nitrogens with one attached hydrogen (secondary N) is 1. The third-order valence-corrected chi connectivity index (χ3v) is 4.17. The Kier molecular flexibility index (Phi) is 4.67. The molecule has 3 aromatic rings. The van der Waals surface area contributed by atoms with E-state index in [1.165, 1.54) is 0 Å². The Hall–Kier alpha value is -2.92. The number of benzene rings is 2. The van der Waals surface area contributed by atoms with Gasteiger partial charge in [-0.15, -0.1) is 0 Å². The smallest absolute Gasteiger partial charge is 0.338 e. The maximum atomic E-state index is 12.8. The zero-order valence-electron chi connectivity index (χ0n) is 14.1. The minimum Gasteiger partial charge on any atom is -0.451 e. The molecular formula is C20H19NO4. The molecule has 0 bridgehead atoms. The van der Waals surface area contributed by atoms with Crippen LogP contribution in [0.4, 0.5) is 0 Å². The molecule has 1 heterocycles. The number of aryl methyl sites for hydroxylation is 1. The Morgan fingerprint density at radius 3 is 2.48 bits per heavy atom. The summed E-state index contributed by atoms with van der Waals surface area (Å²) in [5, 5.41) is 9.86. The van der Waals surface area contributed by atoms with Gasteiger partial charge in [-0.1, -0.05) is 30.3 Å². The number of esters is 1. The zero-order chi connectivity index (χ0) is 18.0. The molecule has 0 aliphatic heterocycles. The highest BCUT2D eigenvalue weighted by Crippen LogP contribution is 2.24. The highest BCUT2D eigenvalue weighted by molar-refractivity contribution is 6.11. The number of hydrogen-bond donors (Lipinski definition) is 2. The van der Waals surface area contributed by atoms with Crippen molar-refractivity contribution in [2.75, 3.05) is 0 Å². The van der Waals surface area contributed by atoms with Gasteiger partial charge < -0.3 is 14.8 Å². The zero-order valence-corrected chi connectivity index (χ0v) is 14.1. The van der Waals surface area contributed by atoms with Gasteiger partial charge in [0.25, 0.3) is 0 Å². The van der Waals surface area contributed by atoms with Crippen LogP contribution in [0.2, 0.25) is 0 Å². The van der Waals surface area contributed by atoms with Crippen LogP contribution in [0, 0.1) is 6.92 Å². The van der Waals surface area contributed by atoms with Crippen molar-refractivity contribution < 1.29 is 19.4 Å². The number of ether oxygens (including phenoxy) is 1. The van der Waals surface area contributed by atoms with Gasteiger partial charge in [-0.05, 0) is 37.6 Å². The van der Waals surface area contributed by atoms with E-state index in [1.807, 2.05) is 31.2 Å². The van der Waals surface area contributed by atoms with E-state index in [2.05, 4.69) is 4.98 Å².